The molecule has 1 aromatic carbocycles. The van der Waals surface area contributed by atoms with Gasteiger partial charge in [0.2, 0.25) is 0 Å². The molecule has 0 radical (unpaired) electrons. The van der Waals surface area contributed by atoms with Crippen LogP contribution in [-0.2, 0) is 16.0 Å². The Morgan fingerprint density at radius 2 is 2.00 bits per heavy atom. The Labute approximate surface area is 86.8 Å². The molecule has 0 fully saturated rings. The summed E-state index contributed by atoms with van der Waals surface area (Å²) in [5, 5.41) is 0.315. The highest BCUT2D eigenvalue weighted by atomic mass is 35.5. The molecular formula is C9H11ClN2O2. The van der Waals surface area contributed by atoms with Crippen molar-refractivity contribution in [3.8, 4) is 0 Å². The van der Waals surface area contributed by atoms with Crippen LogP contribution in [0.3, 0.4) is 0 Å². The monoisotopic (exact) mass is 214 g/mol. The van der Waals surface area contributed by atoms with E-state index in [1.54, 1.807) is 12.1 Å². The van der Waals surface area contributed by atoms with Gasteiger partial charge in [0.15, 0.2) is 0 Å². The molecule has 0 saturated carbocycles. The Kier molecular flexibility index (Phi) is 3.19. The first-order valence-corrected chi connectivity index (χ1v) is 4.33. The average Bonchev–Trinajstić information content (AvgIpc) is 2.18. The van der Waals surface area contributed by atoms with Crippen LogP contribution in [0.2, 0.25) is 5.02 Å². The number of nitrogens with two attached hydrogens (primary N) is 2. The smallest absolute Gasteiger partial charge is 0.310 e. The Balaban J connectivity index is 3.06. The molecule has 0 spiro atoms. The first kappa shape index (κ1) is 10.7. The number of nitrogen functional groups attached to an aromatic ring is 2. The summed E-state index contributed by atoms with van der Waals surface area (Å²) in [5.41, 5.74) is 12.6. The minimum absolute atomic E-state index is 0.0339. The zero-order valence-corrected chi connectivity index (χ0v) is 8.47. The third-order valence-corrected chi connectivity index (χ3v) is 2.30. The fourth-order valence-corrected chi connectivity index (χ4v) is 1.29. The van der Waals surface area contributed by atoms with E-state index in [4.69, 9.17) is 23.1 Å². The molecule has 1 rings (SSSR count). The number of hydrogen-bond acceptors (Lipinski definition) is 4. The second-order valence-corrected chi connectivity index (χ2v) is 3.17. The first-order chi connectivity index (χ1) is 6.56. The molecule has 0 atom stereocenters. The maximum atomic E-state index is 11.0. The Bertz CT molecular complexity index is 366. The lowest BCUT2D eigenvalue weighted by atomic mass is 10.1. The minimum atomic E-state index is -0.399. The van der Waals surface area contributed by atoms with E-state index >= 15 is 0 Å². The van der Waals surface area contributed by atoms with Crippen molar-refractivity contribution in [2.24, 2.45) is 0 Å². The van der Waals surface area contributed by atoms with Crippen LogP contribution in [0.4, 0.5) is 11.4 Å². The molecule has 0 unspecified atom stereocenters. The lowest BCUT2D eigenvalue weighted by Gasteiger charge is -2.08. The fraction of sp³-hybridized carbons (Fsp3) is 0.222. The van der Waals surface area contributed by atoms with Crippen LogP contribution in [0.1, 0.15) is 5.56 Å². The van der Waals surface area contributed by atoms with E-state index in [1.165, 1.54) is 7.11 Å². The molecule has 76 valence electrons. The highest BCUT2D eigenvalue weighted by molar-refractivity contribution is 6.34. The molecule has 0 heterocycles. The lowest BCUT2D eigenvalue weighted by Crippen LogP contribution is -2.08. The summed E-state index contributed by atoms with van der Waals surface area (Å²) < 4.78 is 4.51. The van der Waals surface area contributed by atoms with Gasteiger partial charge in [-0.05, 0) is 12.1 Å². The predicted molar refractivity (Wildman–Crippen MR) is 56.0 cm³/mol. The molecule has 5 heteroatoms. The molecule has 0 bridgehead atoms. The normalized spacial score (nSPS) is 9.86. The Hall–Kier alpha value is -1.42. The fourth-order valence-electron chi connectivity index (χ4n) is 1.05. The van der Waals surface area contributed by atoms with Crippen molar-refractivity contribution in [3.63, 3.8) is 0 Å². The van der Waals surface area contributed by atoms with E-state index in [-0.39, 0.29) is 6.42 Å². The van der Waals surface area contributed by atoms with Gasteiger partial charge in [0.25, 0.3) is 0 Å². The number of hydrogen-bond donors (Lipinski definition) is 2. The number of anilines is 2. The van der Waals surface area contributed by atoms with Gasteiger partial charge in [0.05, 0.1) is 24.2 Å². The number of carbonyl (C=O) groups is 1. The number of halogens is 1. The quantitative estimate of drug-likeness (QED) is 0.573. The second-order valence-electron chi connectivity index (χ2n) is 2.79. The van der Waals surface area contributed by atoms with E-state index in [0.29, 0.717) is 22.0 Å². The third-order valence-electron chi connectivity index (χ3n) is 1.86. The molecule has 0 aromatic heterocycles. The summed E-state index contributed by atoms with van der Waals surface area (Å²) >= 11 is 5.89. The van der Waals surface area contributed by atoms with Crippen LogP contribution in [0, 0.1) is 0 Å². The van der Waals surface area contributed by atoms with E-state index in [2.05, 4.69) is 4.74 Å². The van der Waals surface area contributed by atoms with Gasteiger partial charge in [-0.2, -0.15) is 0 Å². The first-order valence-electron chi connectivity index (χ1n) is 3.95. The van der Waals surface area contributed by atoms with Gasteiger partial charge >= 0.3 is 5.97 Å². The molecule has 0 aliphatic carbocycles. The number of benzene rings is 1. The van der Waals surface area contributed by atoms with Crippen LogP contribution in [0.25, 0.3) is 0 Å². The summed E-state index contributed by atoms with van der Waals surface area (Å²) in [7, 11) is 1.30. The summed E-state index contributed by atoms with van der Waals surface area (Å²) in [5.74, 6) is -0.399. The SMILES string of the molecule is COC(=O)Cc1c(N)ccc(N)c1Cl. The predicted octanol–water partition coefficient (Wildman–Crippen LogP) is 1.22. The van der Waals surface area contributed by atoms with E-state index in [0.717, 1.165) is 0 Å². The standard InChI is InChI=1S/C9H11ClN2O2/c1-14-8(13)4-5-6(11)2-3-7(12)9(5)10/h2-3H,4,11-12H2,1H3. The number of rotatable bonds is 2. The summed E-state index contributed by atoms with van der Waals surface area (Å²) in [6, 6.07) is 3.21. The molecule has 0 amide bonds. The lowest BCUT2D eigenvalue weighted by molar-refractivity contribution is -0.139. The van der Waals surface area contributed by atoms with Crippen LogP contribution in [0.15, 0.2) is 12.1 Å². The largest absolute Gasteiger partial charge is 0.469 e. The van der Waals surface area contributed by atoms with Crippen molar-refractivity contribution in [1.29, 1.82) is 0 Å². The molecule has 14 heavy (non-hydrogen) atoms. The number of esters is 1. The molecule has 0 aliphatic heterocycles. The van der Waals surface area contributed by atoms with Crippen molar-refractivity contribution >= 4 is 28.9 Å². The number of carbonyl (C=O) groups excluding carboxylic acids is 1. The molecule has 1 aromatic rings. The summed E-state index contributed by atoms with van der Waals surface area (Å²) in [6.07, 6.45) is 0.0339. The second kappa shape index (κ2) is 4.19. The Morgan fingerprint density at radius 1 is 1.43 bits per heavy atom. The molecule has 0 aliphatic rings. The van der Waals surface area contributed by atoms with Crippen LogP contribution < -0.4 is 11.5 Å². The van der Waals surface area contributed by atoms with E-state index < -0.39 is 5.97 Å². The third kappa shape index (κ3) is 2.09. The summed E-state index contributed by atoms with van der Waals surface area (Å²) in [6.45, 7) is 0. The molecule has 4 nitrogen and oxygen atoms in total. The molecule has 4 N–H and O–H groups in total. The maximum absolute atomic E-state index is 11.0. The van der Waals surface area contributed by atoms with Gasteiger partial charge in [-0.25, -0.2) is 0 Å². The molecule has 0 saturated heterocycles. The van der Waals surface area contributed by atoms with Crippen LogP contribution >= 0.6 is 11.6 Å². The summed E-state index contributed by atoms with van der Waals surface area (Å²) in [4.78, 5) is 11.0. The zero-order valence-electron chi connectivity index (χ0n) is 7.71. The topological polar surface area (TPSA) is 78.3 Å². The van der Waals surface area contributed by atoms with E-state index in [9.17, 15) is 4.79 Å². The average molecular weight is 215 g/mol. The maximum Gasteiger partial charge on any atom is 0.310 e. The van der Waals surface area contributed by atoms with Gasteiger partial charge in [0, 0.05) is 11.3 Å². The molecular weight excluding hydrogens is 204 g/mol. The highest BCUT2D eigenvalue weighted by Crippen LogP contribution is 2.28. The van der Waals surface area contributed by atoms with Gasteiger partial charge in [-0.15, -0.1) is 0 Å². The highest BCUT2D eigenvalue weighted by Gasteiger charge is 2.12. The minimum Gasteiger partial charge on any atom is -0.469 e. The number of methoxy groups -OCH3 is 1. The van der Waals surface area contributed by atoms with Crippen molar-refractivity contribution in [1.82, 2.24) is 0 Å². The van der Waals surface area contributed by atoms with Gasteiger partial charge in [0.1, 0.15) is 0 Å². The van der Waals surface area contributed by atoms with Gasteiger partial charge in [-0.1, -0.05) is 11.6 Å². The zero-order chi connectivity index (χ0) is 10.7. The van der Waals surface area contributed by atoms with Crippen molar-refractivity contribution in [2.45, 2.75) is 6.42 Å². The van der Waals surface area contributed by atoms with Crippen molar-refractivity contribution in [3.05, 3.63) is 22.7 Å². The van der Waals surface area contributed by atoms with Gasteiger partial charge < -0.3 is 16.2 Å². The van der Waals surface area contributed by atoms with E-state index in [1.807, 2.05) is 0 Å². The van der Waals surface area contributed by atoms with Crippen molar-refractivity contribution in [2.75, 3.05) is 18.6 Å². The van der Waals surface area contributed by atoms with Gasteiger partial charge in [-0.3, -0.25) is 4.79 Å². The van der Waals surface area contributed by atoms with Crippen LogP contribution in [0.5, 0.6) is 0 Å². The number of ether oxygens (including phenoxy) is 1. The Morgan fingerprint density at radius 3 is 2.57 bits per heavy atom. The van der Waals surface area contributed by atoms with Crippen molar-refractivity contribution < 1.29 is 9.53 Å². The van der Waals surface area contributed by atoms with Crippen LogP contribution in [-0.4, -0.2) is 13.1 Å².